The van der Waals surface area contributed by atoms with Crippen molar-refractivity contribution in [3.63, 3.8) is 0 Å². The molecule has 0 aliphatic carbocycles. The summed E-state index contributed by atoms with van der Waals surface area (Å²) in [6.45, 7) is 0. The van der Waals surface area contributed by atoms with Crippen LogP contribution in [-0.2, 0) is 19.1 Å². The van der Waals surface area contributed by atoms with E-state index in [1.807, 2.05) is 6.07 Å². The van der Waals surface area contributed by atoms with Gasteiger partial charge in [-0.05, 0) is 12.1 Å². The Balaban J connectivity index is 3.24. The van der Waals surface area contributed by atoms with E-state index in [2.05, 4.69) is 14.8 Å². The van der Waals surface area contributed by atoms with Gasteiger partial charge in [0.2, 0.25) is 0 Å². The minimum atomic E-state index is -0.810. The molecule has 6 nitrogen and oxygen atoms in total. The highest BCUT2D eigenvalue weighted by molar-refractivity contribution is 6.42. The first-order chi connectivity index (χ1) is 9.92. The molecule has 1 aromatic rings. The van der Waals surface area contributed by atoms with E-state index in [0.717, 1.165) is 20.3 Å². The second-order valence-electron chi connectivity index (χ2n) is 3.62. The van der Waals surface area contributed by atoms with Crippen molar-refractivity contribution >= 4 is 40.8 Å². The van der Waals surface area contributed by atoms with Crippen molar-refractivity contribution < 1.29 is 19.1 Å². The Morgan fingerprint density at radius 2 is 1.86 bits per heavy atom. The first-order valence-electron chi connectivity index (χ1n) is 5.47. The fraction of sp³-hybridized carbons (Fsp3) is 0.154. The van der Waals surface area contributed by atoms with Crippen LogP contribution >= 0.6 is 23.2 Å². The van der Waals surface area contributed by atoms with Crippen molar-refractivity contribution in [1.82, 2.24) is 0 Å². The lowest BCUT2D eigenvalue weighted by Crippen LogP contribution is -2.16. The highest BCUT2D eigenvalue weighted by Crippen LogP contribution is 2.29. The maximum Gasteiger partial charge on any atom is 0.354 e. The van der Waals surface area contributed by atoms with Gasteiger partial charge in [0.25, 0.3) is 0 Å². The molecule has 1 rings (SSSR count). The van der Waals surface area contributed by atoms with Gasteiger partial charge in [0.1, 0.15) is 11.8 Å². The van der Waals surface area contributed by atoms with Gasteiger partial charge in [-0.2, -0.15) is 5.26 Å². The number of carbonyl (C=O) groups is 2. The van der Waals surface area contributed by atoms with Crippen LogP contribution in [0.25, 0.3) is 0 Å². The van der Waals surface area contributed by atoms with Crippen LogP contribution in [0.3, 0.4) is 0 Å². The van der Waals surface area contributed by atoms with Crippen molar-refractivity contribution in [3.8, 4) is 6.07 Å². The van der Waals surface area contributed by atoms with Gasteiger partial charge in [0, 0.05) is 0 Å². The predicted octanol–water partition coefficient (Wildman–Crippen LogP) is 2.51. The number of esters is 2. The fourth-order valence-electron chi connectivity index (χ4n) is 1.32. The molecule has 0 unspecified atom stereocenters. The number of methoxy groups -OCH3 is 2. The number of halogens is 2. The Hall–Kier alpha value is -2.23. The van der Waals surface area contributed by atoms with Crippen LogP contribution in [0.5, 0.6) is 0 Å². The second kappa shape index (κ2) is 7.53. The lowest BCUT2D eigenvalue weighted by atomic mass is 10.2. The van der Waals surface area contributed by atoms with Crippen LogP contribution in [0.15, 0.2) is 23.9 Å². The number of hydrogen-bond acceptors (Lipinski definition) is 6. The highest BCUT2D eigenvalue weighted by atomic mass is 35.5. The summed E-state index contributed by atoms with van der Waals surface area (Å²) in [4.78, 5) is 22.9. The van der Waals surface area contributed by atoms with Crippen molar-refractivity contribution in [3.05, 3.63) is 39.5 Å². The fourth-order valence-corrected chi connectivity index (χ4v) is 1.65. The Labute approximate surface area is 130 Å². The number of carbonyl (C=O) groups excluding carboxylic acids is 2. The molecule has 0 saturated heterocycles. The predicted molar refractivity (Wildman–Crippen MR) is 76.9 cm³/mol. The van der Waals surface area contributed by atoms with E-state index in [-0.39, 0.29) is 27.0 Å². The van der Waals surface area contributed by atoms with Crippen LogP contribution < -0.4 is 5.32 Å². The standard InChI is InChI=1S/C13H10Cl2N2O4/c1-20-12(18)5-11(13(19)21-2)17-10-4-9(15)8(14)3-7(10)6-16/h3-5,17H,1-2H3/b11-5+. The largest absolute Gasteiger partial charge is 0.466 e. The monoisotopic (exact) mass is 328 g/mol. The smallest absolute Gasteiger partial charge is 0.354 e. The summed E-state index contributed by atoms with van der Waals surface area (Å²) in [5.74, 6) is -1.57. The summed E-state index contributed by atoms with van der Waals surface area (Å²) in [6.07, 6.45) is 0.898. The average Bonchev–Trinajstić information content (AvgIpc) is 2.48. The zero-order valence-electron chi connectivity index (χ0n) is 11.1. The molecule has 0 amide bonds. The molecule has 0 atom stereocenters. The summed E-state index contributed by atoms with van der Waals surface area (Å²) < 4.78 is 8.98. The Morgan fingerprint density at radius 3 is 2.38 bits per heavy atom. The number of benzene rings is 1. The molecule has 0 aromatic heterocycles. The van der Waals surface area contributed by atoms with E-state index in [1.165, 1.54) is 12.1 Å². The third-order valence-corrected chi connectivity index (χ3v) is 3.04. The molecule has 8 heteroatoms. The second-order valence-corrected chi connectivity index (χ2v) is 4.44. The Bertz CT molecular complexity index is 650. The molecule has 0 bridgehead atoms. The summed E-state index contributed by atoms with van der Waals surface area (Å²) in [7, 11) is 2.31. The van der Waals surface area contributed by atoms with E-state index in [4.69, 9.17) is 28.5 Å². The van der Waals surface area contributed by atoms with Crippen molar-refractivity contribution in [2.24, 2.45) is 0 Å². The SMILES string of the molecule is COC(=O)/C=C(/Nc1cc(Cl)c(Cl)cc1C#N)C(=O)OC. The van der Waals surface area contributed by atoms with Crippen LogP contribution in [0.2, 0.25) is 10.0 Å². The highest BCUT2D eigenvalue weighted by Gasteiger charge is 2.16. The van der Waals surface area contributed by atoms with E-state index in [9.17, 15) is 9.59 Å². The van der Waals surface area contributed by atoms with Crippen LogP contribution in [0, 0.1) is 11.3 Å². The number of anilines is 1. The maximum absolute atomic E-state index is 11.6. The normalized spacial score (nSPS) is 10.5. The van der Waals surface area contributed by atoms with E-state index >= 15 is 0 Å². The minimum absolute atomic E-state index is 0.143. The van der Waals surface area contributed by atoms with Crippen molar-refractivity contribution in [2.75, 3.05) is 19.5 Å². The molecule has 1 aromatic carbocycles. The summed E-state index contributed by atoms with van der Waals surface area (Å²) in [6, 6.07) is 4.58. The van der Waals surface area contributed by atoms with Gasteiger partial charge in [-0.1, -0.05) is 23.2 Å². The molecule has 0 fully saturated rings. The van der Waals surface area contributed by atoms with Crippen molar-refractivity contribution in [2.45, 2.75) is 0 Å². The van der Waals surface area contributed by atoms with Crippen molar-refractivity contribution in [1.29, 1.82) is 5.26 Å². The lowest BCUT2D eigenvalue weighted by molar-refractivity contribution is -0.138. The Morgan fingerprint density at radius 1 is 1.24 bits per heavy atom. The van der Waals surface area contributed by atoms with Gasteiger partial charge in [-0.15, -0.1) is 0 Å². The van der Waals surface area contributed by atoms with E-state index in [1.54, 1.807) is 0 Å². The zero-order valence-corrected chi connectivity index (χ0v) is 12.6. The first-order valence-corrected chi connectivity index (χ1v) is 6.22. The molecule has 0 aliphatic heterocycles. The van der Waals surface area contributed by atoms with E-state index in [0.29, 0.717) is 0 Å². The number of nitriles is 1. The molecule has 110 valence electrons. The summed E-state index contributed by atoms with van der Waals surface area (Å²) >= 11 is 11.7. The minimum Gasteiger partial charge on any atom is -0.466 e. The molecule has 0 heterocycles. The van der Waals surface area contributed by atoms with Gasteiger partial charge >= 0.3 is 11.9 Å². The van der Waals surface area contributed by atoms with Gasteiger partial charge in [0.15, 0.2) is 0 Å². The molecule has 21 heavy (non-hydrogen) atoms. The number of ether oxygens (including phenoxy) is 2. The number of nitrogens with zero attached hydrogens (tertiary/aromatic N) is 1. The summed E-state index contributed by atoms with van der Waals surface area (Å²) in [5.41, 5.74) is 0.135. The molecule has 0 aliphatic rings. The third kappa shape index (κ3) is 4.38. The summed E-state index contributed by atoms with van der Waals surface area (Å²) in [5, 5.41) is 12.0. The van der Waals surface area contributed by atoms with E-state index < -0.39 is 11.9 Å². The topological polar surface area (TPSA) is 88.4 Å². The molecular weight excluding hydrogens is 319 g/mol. The Kier molecular flexibility index (Phi) is 6.03. The van der Waals surface area contributed by atoms with Gasteiger partial charge in [0.05, 0.1) is 41.6 Å². The molecular formula is C13H10Cl2N2O4. The molecule has 0 spiro atoms. The zero-order chi connectivity index (χ0) is 16.0. The van der Waals surface area contributed by atoms with Crippen LogP contribution in [-0.4, -0.2) is 26.2 Å². The van der Waals surface area contributed by atoms with Gasteiger partial charge in [-0.25, -0.2) is 9.59 Å². The molecule has 0 saturated carbocycles. The number of nitrogens with one attached hydrogen (secondary N) is 1. The quantitative estimate of drug-likeness (QED) is 0.674. The van der Waals surface area contributed by atoms with Gasteiger partial charge < -0.3 is 14.8 Å². The molecule has 0 radical (unpaired) electrons. The van der Waals surface area contributed by atoms with Crippen LogP contribution in [0.4, 0.5) is 5.69 Å². The average molecular weight is 329 g/mol. The van der Waals surface area contributed by atoms with Gasteiger partial charge in [-0.3, -0.25) is 0 Å². The lowest BCUT2D eigenvalue weighted by Gasteiger charge is -2.11. The third-order valence-electron chi connectivity index (χ3n) is 2.32. The first kappa shape index (κ1) is 16.8. The number of hydrogen-bond donors (Lipinski definition) is 1. The number of rotatable bonds is 4. The molecule has 1 N–H and O–H groups in total. The van der Waals surface area contributed by atoms with Crippen LogP contribution in [0.1, 0.15) is 5.56 Å². The maximum atomic E-state index is 11.6.